The maximum atomic E-state index is 12.5. The molecule has 2 aromatic rings. The van der Waals surface area contributed by atoms with Gasteiger partial charge in [-0.15, -0.1) is 0 Å². The average molecular weight is 339 g/mol. The number of nitrogens with one attached hydrogen (secondary N) is 1. The van der Waals surface area contributed by atoms with Crippen molar-refractivity contribution in [3.05, 3.63) is 59.2 Å². The quantitative estimate of drug-likeness (QED) is 0.695. The van der Waals surface area contributed by atoms with Gasteiger partial charge in [0.15, 0.2) is 6.10 Å². The summed E-state index contributed by atoms with van der Waals surface area (Å²) in [6.07, 6.45) is 3.58. The van der Waals surface area contributed by atoms with E-state index in [1.54, 1.807) is 0 Å². The molecule has 0 fully saturated rings. The average Bonchev–Trinajstić information content (AvgIpc) is 2.58. The van der Waals surface area contributed by atoms with Gasteiger partial charge in [0.05, 0.1) is 0 Å². The lowest BCUT2D eigenvalue weighted by Gasteiger charge is -2.18. The molecule has 0 saturated heterocycles. The summed E-state index contributed by atoms with van der Waals surface area (Å²) in [7, 11) is 0. The molecule has 0 bridgehead atoms. The van der Waals surface area contributed by atoms with E-state index < -0.39 is 6.10 Å². The molecule has 0 aliphatic heterocycles. The number of ether oxygens (including phenoxy) is 1. The number of unbranched alkanes of at least 4 members (excludes halogenated alkanes) is 1. The van der Waals surface area contributed by atoms with E-state index in [1.165, 1.54) is 18.4 Å². The molecule has 0 aliphatic rings. The molecule has 3 nitrogen and oxygen atoms in total. The third kappa shape index (κ3) is 5.93. The van der Waals surface area contributed by atoms with E-state index in [1.807, 2.05) is 45.0 Å². The first-order valence-electron chi connectivity index (χ1n) is 9.16. The van der Waals surface area contributed by atoms with Gasteiger partial charge in [-0.3, -0.25) is 4.79 Å². The van der Waals surface area contributed by atoms with Gasteiger partial charge in [-0.1, -0.05) is 38.5 Å². The molecule has 1 N–H and O–H groups in total. The van der Waals surface area contributed by atoms with E-state index in [2.05, 4.69) is 30.4 Å². The monoisotopic (exact) mass is 339 g/mol. The number of carbonyl (C=O) groups excluding carboxylic acids is 1. The number of hydrogen-bond acceptors (Lipinski definition) is 2. The fourth-order valence-electron chi connectivity index (χ4n) is 2.85. The minimum Gasteiger partial charge on any atom is -0.481 e. The van der Waals surface area contributed by atoms with Gasteiger partial charge in [0.1, 0.15) is 5.75 Å². The minimum atomic E-state index is -0.499. The predicted octanol–water partition coefficient (Wildman–Crippen LogP) is 5.44. The van der Waals surface area contributed by atoms with Crippen LogP contribution in [0.4, 0.5) is 5.69 Å². The summed E-state index contributed by atoms with van der Waals surface area (Å²) in [5.74, 6) is 0.636. The molecule has 0 heterocycles. The highest BCUT2D eigenvalue weighted by molar-refractivity contribution is 5.94. The highest BCUT2D eigenvalue weighted by atomic mass is 16.5. The molecule has 3 heteroatoms. The second-order valence-corrected chi connectivity index (χ2v) is 6.63. The predicted molar refractivity (Wildman–Crippen MR) is 104 cm³/mol. The van der Waals surface area contributed by atoms with Crippen LogP contribution in [0.3, 0.4) is 0 Å². The molecular weight excluding hydrogens is 310 g/mol. The van der Waals surface area contributed by atoms with Crippen molar-refractivity contribution < 1.29 is 9.53 Å². The zero-order chi connectivity index (χ0) is 18.2. The maximum Gasteiger partial charge on any atom is 0.265 e. The molecule has 2 rings (SSSR count). The smallest absolute Gasteiger partial charge is 0.265 e. The van der Waals surface area contributed by atoms with Gasteiger partial charge in [-0.25, -0.2) is 0 Å². The molecular formula is C22H29NO2. The Labute approximate surface area is 151 Å². The SMILES string of the molecule is CCCCc1ccc(NC(=O)[C@@H](CC)Oc2cc(C)cc(C)c2)cc1. The highest BCUT2D eigenvalue weighted by Crippen LogP contribution is 2.19. The molecule has 134 valence electrons. The van der Waals surface area contributed by atoms with Crippen LogP contribution in [0.2, 0.25) is 0 Å². The van der Waals surface area contributed by atoms with Crippen LogP contribution >= 0.6 is 0 Å². The fourth-order valence-corrected chi connectivity index (χ4v) is 2.85. The Morgan fingerprint density at radius 3 is 2.24 bits per heavy atom. The lowest BCUT2D eigenvalue weighted by molar-refractivity contribution is -0.122. The number of aryl methyl sites for hydroxylation is 3. The molecule has 2 aromatic carbocycles. The summed E-state index contributed by atoms with van der Waals surface area (Å²) >= 11 is 0. The van der Waals surface area contributed by atoms with Crippen LogP contribution in [0, 0.1) is 13.8 Å². The first kappa shape index (κ1) is 19.0. The molecule has 0 aliphatic carbocycles. The lowest BCUT2D eigenvalue weighted by atomic mass is 10.1. The zero-order valence-electron chi connectivity index (χ0n) is 15.8. The van der Waals surface area contributed by atoms with Gasteiger partial charge >= 0.3 is 0 Å². The summed E-state index contributed by atoms with van der Waals surface area (Å²) in [4.78, 5) is 12.5. The molecule has 0 saturated carbocycles. The van der Waals surface area contributed by atoms with Crippen LogP contribution in [0.1, 0.15) is 49.8 Å². The Morgan fingerprint density at radius 2 is 1.68 bits per heavy atom. The Bertz CT molecular complexity index is 671. The fraction of sp³-hybridized carbons (Fsp3) is 0.409. The molecule has 0 spiro atoms. The van der Waals surface area contributed by atoms with Gasteiger partial charge in [-0.2, -0.15) is 0 Å². The molecule has 1 amide bonds. The zero-order valence-corrected chi connectivity index (χ0v) is 15.8. The molecule has 1 atom stereocenters. The van der Waals surface area contributed by atoms with Crippen molar-refractivity contribution in [2.75, 3.05) is 5.32 Å². The van der Waals surface area contributed by atoms with E-state index in [0.717, 1.165) is 29.0 Å². The van der Waals surface area contributed by atoms with E-state index in [9.17, 15) is 4.79 Å². The molecule has 0 radical (unpaired) electrons. The van der Waals surface area contributed by atoms with Gasteiger partial charge in [0.2, 0.25) is 0 Å². The molecule has 0 unspecified atom stereocenters. The minimum absolute atomic E-state index is 0.108. The summed E-state index contributed by atoms with van der Waals surface area (Å²) in [5.41, 5.74) is 4.38. The third-order valence-corrected chi connectivity index (χ3v) is 4.18. The first-order chi connectivity index (χ1) is 12.0. The van der Waals surface area contributed by atoms with Crippen molar-refractivity contribution in [2.45, 2.75) is 59.5 Å². The van der Waals surface area contributed by atoms with Gasteiger partial charge in [0.25, 0.3) is 5.91 Å². The van der Waals surface area contributed by atoms with Crippen LogP contribution in [0.25, 0.3) is 0 Å². The van der Waals surface area contributed by atoms with Crippen molar-refractivity contribution in [2.24, 2.45) is 0 Å². The lowest BCUT2D eigenvalue weighted by Crippen LogP contribution is -2.32. The van der Waals surface area contributed by atoms with Crippen LogP contribution < -0.4 is 10.1 Å². The van der Waals surface area contributed by atoms with Crippen LogP contribution in [-0.2, 0) is 11.2 Å². The summed E-state index contributed by atoms with van der Waals surface area (Å²) in [6, 6.07) is 14.1. The summed E-state index contributed by atoms with van der Waals surface area (Å²) < 4.78 is 5.92. The number of benzene rings is 2. The van der Waals surface area contributed by atoms with Crippen molar-refractivity contribution in [3.63, 3.8) is 0 Å². The van der Waals surface area contributed by atoms with Gasteiger partial charge < -0.3 is 10.1 Å². The van der Waals surface area contributed by atoms with E-state index in [4.69, 9.17) is 4.74 Å². The topological polar surface area (TPSA) is 38.3 Å². The second-order valence-electron chi connectivity index (χ2n) is 6.63. The van der Waals surface area contributed by atoms with Crippen molar-refractivity contribution in [3.8, 4) is 5.75 Å². The summed E-state index contributed by atoms with van der Waals surface area (Å²) in [5, 5.41) is 2.96. The molecule has 25 heavy (non-hydrogen) atoms. The van der Waals surface area contributed by atoms with E-state index in [0.29, 0.717) is 6.42 Å². The van der Waals surface area contributed by atoms with Gasteiger partial charge in [-0.05, 0) is 74.1 Å². The van der Waals surface area contributed by atoms with Crippen molar-refractivity contribution in [1.82, 2.24) is 0 Å². The third-order valence-electron chi connectivity index (χ3n) is 4.18. The second kappa shape index (κ2) is 9.26. The number of hydrogen-bond donors (Lipinski definition) is 1. The van der Waals surface area contributed by atoms with Crippen LogP contribution in [0.5, 0.6) is 5.75 Å². The summed E-state index contributed by atoms with van der Waals surface area (Å²) in [6.45, 7) is 8.21. The Kier molecular flexibility index (Phi) is 7.05. The number of anilines is 1. The van der Waals surface area contributed by atoms with E-state index >= 15 is 0 Å². The maximum absolute atomic E-state index is 12.5. The largest absolute Gasteiger partial charge is 0.481 e. The Balaban J connectivity index is 1.99. The van der Waals surface area contributed by atoms with Gasteiger partial charge in [0, 0.05) is 5.69 Å². The number of carbonyl (C=O) groups is 1. The Hall–Kier alpha value is -2.29. The molecule has 0 aromatic heterocycles. The highest BCUT2D eigenvalue weighted by Gasteiger charge is 2.18. The van der Waals surface area contributed by atoms with Crippen LogP contribution in [0.15, 0.2) is 42.5 Å². The van der Waals surface area contributed by atoms with Crippen LogP contribution in [-0.4, -0.2) is 12.0 Å². The van der Waals surface area contributed by atoms with E-state index in [-0.39, 0.29) is 5.91 Å². The van der Waals surface area contributed by atoms with Crippen molar-refractivity contribution in [1.29, 1.82) is 0 Å². The number of rotatable bonds is 8. The Morgan fingerprint density at radius 1 is 1.04 bits per heavy atom. The number of amides is 1. The standard InChI is InChI=1S/C22H29NO2/c1-5-7-8-18-9-11-19(12-10-18)23-22(24)21(6-2)25-20-14-16(3)13-17(4)15-20/h9-15,21H,5-8H2,1-4H3,(H,23,24)/t21-/m1/s1. The first-order valence-corrected chi connectivity index (χ1v) is 9.16. The normalized spacial score (nSPS) is 11.8. The van der Waals surface area contributed by atoms with Crippen molar-refractivity contribution >= 4 is 11.6 Å².